The molecule has 5 heteroatoms. The van der Waals surface area contributed by atoms with Crippen molar-refractivity contribution in [3.63, 3.8) is 0 Å². The van der Waals surface area contributed by atoms with E-state index in [1.54, 1.807) is 6.20 Å². The van der Waals surface area contributed by atoms with Gasteiger partial charge in [-0.05, 0) is 37.6 Å². The Balaban J connectivity index is 1.84. The van der Waals surface area contributed by atoms with E-state index in [1.165, 1.54) is 16.9 Å². The van der Waals surface area contributed by atoms with E-state index in [2.05, 4.69) is 29.4 Å². The molecular weight excluding hydrogens is 350 g/mol. The first-order valence-corrected chi connectivity index (χ1v) is 8.98. The summed E-state index contributed by atoms with van der Waals surface area (Å²) in [6.45, 7) is 4.10. The largest absolute Gasteiger partial charge is 0.360 e. The quantitative estimate of drug-likeness (QED) is 0.572. The average molecular weight is 366 g/mol. The van der Waals surface area contributed by atoms with Crippen molar-refractivity contribution in [2.24, 2.45) is 0 Å². The van der Waals surface area contributed by atoms with Crippen molar-refractivity contribution in [2.75, 3.05) is 5.32 Å². The minimum atomic E-state index is 0.505. The molecule has 0 radical (unpaired) electrons. The predicted molar refractivity (Wildman–Crippen MR) is 106 cm³/mol. The van der Waals surface area contributed by atoms with Crippen LogP contribution in [0.3, 0.4) is 0 Å². The van der Waals surface area contributed by atoms with Crippen LogP contribution < -0.4 is 5.32 Å². The second-order valence-electron chi connectivity index (χ2n) is 5.68. The summed E-state index contributed by atoms with van der Waals surface area (Å²) in [5, 5.41) is 16.0. The van der Waals surface area contributed by atoms with Gasteiger partial charge >= 0.3 is 0 Å². The zero-order valence-electron chi connectivity index (χ0n) is 13.9. The highest BCUT2D eigenvalue weighted by atomic mass is 35.5. The van der Waals surface area contributed by atoms with E-state index >= 15 is 0 Å². The van der Waals surface area contributed by atoms with Crippen LogP contribution in [0.15, 0.2) is 54.0 Å². The predicted octanol–water partition coefficient (Wildman–Crippen LogP) is 6.06. The summed E-state index contributed by atoms with van der Waals surface area (Å²) >= 11 is 7.37. The molecule has 0 saturated heterocycles. The standard InChI is InChI=1S/C20H16ClN3S/c1-13-3-8-18(14(2)9-13)23-11-16(10-22)20-24-19(12-25-20)15-4-6-17(21)7-5-15/h3-9,11-12,23H,1-2H3. The second-order valence-corrected chi connectivity index (χ2v) is 6.97. The van der Waals surface area contributed by atoms with Gasteiger partial charge in [-0.25, -0.2) is 4.98 Å². The molecule has 2 aromatic carbocycles. The number of benzene rings is 2. The SMILES string of the molecule is Cc1ccc(NC=C(C#N)c2nc(-c3ccc(Cl)cc3)cs2)c(C)c1. The number of nitriles is 1. The summed E-state index contributed by atoms with van der Waals surface area (Å²) in [6.07, 6.45) is 1.71. The maximum atomic E-state index is 9.48. The molecule has 1 N–H and O–H groups in total. The number of halogens is 1. The van der Waals surface area contributed by atoms with E-state index in [1.807, 2.05) is 48.7 Å². The van der Waals surface area contributed by atoms with Crippen LogP contribution in [0.4, 0.5) is 5.69 Å². The highest BCUT2D eigenvalue weighted by Gasteiger charge is 2.09. The summed E-state index contributed by atoms with van der Waals surface area (Å²) in [6, 6.07) is 15.9. The van der Waals surface area contributed by atoms with Crippen LogP contribution in [0.5, 0.6) is 0 Å². The molecule has 0 aliphatic carbocycles. The van der Waals surface area contributed by atoms with Crippen LogP contribution in [-0.2, 0) is 0 Å². The molecule has 0 aliphatic rings. The second kappa shape index (κ2) is 7.52. The molecule has 3 rings (SSSR count). The van der Waals surface area contributed by atoms with Crippen molar-refractivity contribution in [3.8, 4) is 17.3 Å². The number of hydrogen-bond acceptors (Lipinski definition) is 4. The van der Waals surface area contributed by atoms with Crippen LogP contribution in [0.2, 0.25) is 5.02 Å². The van der Waals surface area contributed by atoms with E-state index in [0.29, 0.717) is 15.6 Å². The molecule has 25 heavy (non-hydrogen) atoms. The van der Waals surface area contributed by atoms with Crippen LogP contribution in [0, 0.1) is 25.2 Å². The maximum Gasteiger partial charge on any atom is 0.136 e. The fourth-order valence-corrected chi connectivity index (χ4v) is 3.34. The highest BCUT2D eigenvalue weighted by molar-refractivity contribution is 7.11. The molecule has 0 unspecified atom stereocenters. The molecule has 3 nitrogen and oxygen atoms in total. The first-order chi connectivity index (χ1) is 12.1. The molecule has 0 spiro atoms. The molecule has 0 fully saturated rings. The lowest BCUT2D eigenvalue weighted by Crippen LogP contribution is -1.94. The Morgan fingerprint density at radius 1 is 1.20 bits per heavy atom. The van der Waals surface area contributed by atoms with Gasteiger partial charge in [-0.2, -0.15) is 5.26 Å². The number of anilines is 1. The summed E-state index contributed by atoms with van der Waals surface area (Å²) in [5.74, 6) is 0. The van der Waals surface area contributed by atoms with Crippen LogP contribution in [0.1, 0.15) is 16.1 Å². The average Bonchev–Trinajstić information content (AvgIpc) is 3.07. The smallest absolute Gasteiger partial charge is 0.136 e. The molecule has 0 amide bonds. The number of nitrogens with one attached hydrogen (secondary N) is 1. The number of nitrogens with zero attached hydrogens (tertiary/aromatic N) is 2. The Kier molecular flexibility index (Phi) is 5.18. The fraction of sp³-hybridized carbons (Fsp3) is 0.100. The van der Waals surface area contributed by atoms with Gasteiger partial charge in [0.05, 0.1) is 5.69 Å². The maximum absolute atomic E-state index is 9.48. The van der Waals surface area contributed by atoms with Crippen LogP contribution in [0.25, 0.3) is 16.8 Å². The highest BCUT2D eigenvalue weighted by Crippen LogP contribution is 2.27. The van der Waals surface area contributed by atoms with Gasteiger partial charge in [0, 0.05) is 27.9 Å². The monoisotopic (exact) mass is 365 g/mol. The Bertz CT molecular complexity index is 965. The lowest BCUT2D eigenvalue weighted by molar-refractivity contribution is 1.35. The molecule has 1 heterocycles. The Morgan fingerprint density at radius 2 is 1.96 bits per heavy atom. The third-order valence-corrected chi connectivity index (χ3v) is 4.88. The Labute approximate surface area is 156 Å². The van der Waals surface area contributed by atoms with Crippen LogP contribution in [-0.4, -0.2) is 4.98 Å². The molecule has 0 aliphatic heterocycles. The zero-order chi connectivity index (χ0) is 17.8. The number of allylic oxidation sites excluding steroid dienone is 1. The van der Waals surface area contributed by atoms with Crippen molar-refractivity contribution < 1.29 is 0 Å². The molecule has 124 valence electrons. The van der Waals surface area contributed by atoms with Crippen molar-refractivity contribution >= 4 is 34.2 Å². The lowest BCUT2D eigenvalue weighted by atomic mass is 10.1. The third-order valence-electron chi connectivity index (χ3n) is 3.75. The number of hydrogen-bond donors (Lipinski definition) is 1. The first kappa shape index (κ1) is 17.2. The molecule has 0 bridgehead atoms. The van der Waals surface area contributed by atoms with Crippen molar-refractivity contribution in [3.05, 3.63) is 75.2 Å². The van der Waals surface area contributed by atoms with E-state index < -0.39 is 0 Å². The van der Waals surface area contributed by atoms with Gasteiger partial charge in [-0.3, -0.25) is 0 Å². The summed E-state index contributed by atoms with van der Waals surface area (Å²) in [4.78, 5) is 4.57. The van der Waals surface area contributed by atoms with E-state index in [0.717, 1.165) is 22.5 Å². The molecule has 0 saturated carbocycles. The van der Waals surface area contributed by atoms with Crippen molar-refractivity contribution in [2.45, 2.75) is 13.8 Å². The summed E-state index contributed by atoms with van der Waals surface area (Å²) in [5.41, 5.74) is 5.64. The Morgan fingerprint density at radius 3 is 2.64 bits per heavy atom. The number of aryl methyl sites for hydroxylation is 2. The number of aromatic nitrogens is 1. The number of thiazole rings is 1. The molecular formula is C20H16ClN3S. The molecule has 1 aromatic heterocycles. The summed E-state index contributed by atoms with van der Waals surface area (Å²) < 4.78 is 0. The van der Waals surface area contributed by atoms with Crippen molar-refractivity contribution in [1.29, 1.82) is 5.26 Å². The number of rotatable bonds is 4. The van der Waals surface area contributed by atoms with Crippen molar-refractivity contribution in [1.82, 2.24) is 4.98 Å². The summed E-state index contributed by atoms with van der Waals surface area (Å²) in [7, 11) is 0. The molecule has 3 aromatic rings. The van der Waals surface area contributed by atoms with Gasteiger partial charge in [-0.1, -0.05) is 41.4 Å². The Hall–Kier alpha value is -2.61. The molecule has 0 atom stereocenters. The van der Waals surface area contributed by atoms with Gasteiger partial charge in [0.2, 0.25) is 0 Å². The first-order valence-electron chi connectivity index (χ1n) is 7.73. The zero-order valence-corrected chi connectivity index (χ0v) is 15.4. The third kappa shape index (κ3) is 4.08. The van der Waals surface area contributed by atoms with Gasteiger partial charge in [0.1, 0.15) is 16.6 Å². The van der Waals surface area contributed by atoms with E-state index in [-0.39, 0.29) is 0 Å². The van der Waals surface area contributed by atoms with E-state index in [4.69, 9.17) is 11.6 Å². The van der Waals surface area contributed by atoms with Crippen LogP contribution >= 0.6 is 22.9 Å². The topological polar surface area (TPSA) is 48.7 Å². The fourth-order valence-electron chi connectivity index (χ4n) is 2.42. The lowest BCUT2D eigenvalue weighted by Gasteiger charge is -2.06. The van der Waals surface area contributed by atoms with Gasteiger partial charge in [0.15, 0.2) is 0 Å². The van der Waals surface area contributed by atoms with E-state index in [9.17, 15) is 5.26 Å². The normalized spacial score (nSPS) is 11.2. The van der Waals surface area contributed by atoms with Gasteiger partial charge in [0.25, 0.3) is 0 Å². The minimum Gasteiger partial charge on any atom is -0.360 e. The van der Waals surface area contributed by atoms with Gasteiger partial charge < -0.3 is 5.32 Å². The minimum absolute atomic E-state index is 0.505. The van der Waals surface area contributed by atoms with Gasteiger partial charge in [-0.15, -0.1) is 11.3 Å².